The molecule has 0 fully saturated rings. The predicted molar refractivity (Wildman–Crippen MR) is 149 cm³/mol. The maximum absolute atomic E-state index is 12.6. The zero-order valence-corrected chi connectivity index (χ0v) is 22.3. The number of aliphatic carboxylic acids is 1. The number of hydrogen-bond acceptors (Lipinski definition) is 7. The monoisotopic (exact) mass is 549 g/mol. The number of amides is 3. The van der Waals surface area contributed by atoms with E-state index in [0.717, 1.165) is 28.3 Å². The van der Waals surface area contributed by atoms with Gasteiger partial charge in [0, 0.05) is 17.1 Å². The SMILES string of the molecule is COC(=O)NC(=O)C(C)Nc1c(CCCC(C)N(C(=O)C(=O)O)c2ccccc2C(=O)O)ccc2ccccc12. The summed E-state index contributed by atoms with van der Waals surface area (Å²) in [6, 6.07) is 15.8. The molecule has 3 aromatic carbocycles. The van der Waals surface area contributed by atoms with Crippen LogP contribution in [0.2, 0.25) is 0 Å². The number of carbonyl (C=O) groups excluding carboxylic acids is 3. The number of nitrogens with one attached hydrogen (secondary N) is 2. The van der Waals surface area contributed by atoms with Crippen molar-refractivity contribution in [2.45, 2.75) is 45.2 Å². The standard InChI is InChI=1S/C29H31N3O8/c1-17(32(26(34)28(37)38)23-14-7-6-13-22(23)27(35)36)9-8-11-20-16-15-19-10-4-5-12-21(19)24(20)30-18(2)25(33)31-29(39)40-3/h4-7,10,12-18,30H,8-9,11H2,1-3H3,(H,35,36)(H,37,38)(H,31,33,39). The van der Waals surface area contributed by atoms with Gasteiger partial charge in [0.05, 0.1) is 18.4 Å². The molecule has 4 N–H and O–H groups in total. The Morgan fingerprint density at radius 3 is 2.27 bits per heavy atom. The van der Waals surface area contributed by atoms with E-state index in [1.54, 1.807) is 19.9 Å². The Balaban J connectivity index is 1.85. The van der Waals surface area contributed by atoms with Crippen LogP contribution in [0.15, 0.2) is 60.7 Å². The molecular weight excluding hydrogens is 518 g/mol. The number of para-hydroxylation sites is 1. The van der Waals surface area contributed by atoms with Gasteiger partial charge in [0.15, 0.2) is 0 Å². The average Bonchev–Trinajstić information content (AvgIpc) is 2.94. The summed E-state index contributed by atoms with van der Waals surface area (Å²) < 4.78 is 4.50. The number of carboxylic acid groups (broad SMARTS) is 2. The number of ether oxygens (including phenoxy) is 1. The predicted octanol–water partition coefficient (Wildman–Crippen LogP) is 4.05. The van der Waals surface area contributed by atoms with Crippen LogP contribution in [-0.2, 0) is 25.5 Å². The molecule has 0 radical (unpaired) electrons. The van der Waals surface area contributed by atoms with Crippen molar-refractivity contribution in [1.29, 1.82) is 0 Å². The van der Waals surface area contributed by atoms with Crippen LogP contribution in [0.4, 0.5) is 16.2 Å². The minimum Gasteiger partial charge on any atom is -0.478 e. The average molecular weight is 550 g/mol. The lowest BCUT2D eigenvalue weighted by molar-refractivity contribution is -0.149. The second-order valence-corrected chi connectivity index (χ2v) is 9.21. The number of methoxy groups -OCH3 is 1. The van der Waals surface area contributed by atoms with Gasteiger partial charge in [-0.1, -0.05) is 48.5 Å². The summed E-state index contributed by atoms with van der Waals surface area (Å²) in [7, 11) is 1.16. The van der Waals surface area contributed by atoms with E-state index in [-0.39, 0.29) is 11.3 Å². The molecule has 0 saturated heterocycles. The lowest BCUT2D eigenvalue weighted by Crippen LogP contribution is -2.43. The first-order valence-corrected chi connectivity index (χ1v) is 12.6. The van der Waals surface area contributed by atoms with Gasteiger partial charge in [0.2, 0.25) is 0 Å². The zero-order valence-electron chi connectivity index (χ0n) is 22.3. The van der Waals surface area contributed by atoms with Gasteiger partial charge in [0.1, 0.15) is 6.04 Å². The molecule has 11 heteroatoms. The third-order valence-corrected chi connectivity index (χ3v) is 6.48. The number of nitrogens with zero attached hydrogens (tertiary/aromatic N) is 1. The molecule has 0 aromatic heterocycles. The van der Waals surface area contributed by atoms with E-state index in [4.69, 9.17) is 0 Å². The third-order valence-electron chi connectivity index (χ3n) is 6.48. The summed E-state index contributed by atoms with van der Waals surface area (Å²) in [4.78, 5) is 60.9. The van der Waals surface area contributed by atoms with Crippen LogP contribution in [0.1, 0.15) is 42.6 Å². The second kappa shape index (κ2) is 13.2. The van der Waals surface area contributed by atoms with Crippen molar-refractivity contribution in [3.63, 3.8) is 0 Å². The number of rotatable bonds is 10. The fourth-order valence-corrected chi connectivity index (χ4v) is 4.47. The van der Waals surface area contributed by atoms with Gasteiger partial charge in [0.25, 0.3) is 5.91 Å². The topological polar surface area (TPSA) is 162 Å². The van der Waals surface area contributed by atoms with Gasteiger partial charge < -0.3 is 20.3 Å². The van der Waals surface area contributed by atoms with Crippen molar-refractivity contribution in [2.75, 3.05) is 17.3 Å². The molecular formula is C29H31N3O8. The quantitative estimate of drug-likeness (QED) is 0.273. The number of carbonyl (C=O) groups is 5. The first-order chi connectivity index (χ1) is 19.0. The Bertz CT molecular complexity index is 1440. The summed E-state index contributed by atoms with van der Waals surface area (Å²) in [5, 5.41) is 26.2. The van der Waals surface area contributed by atoms with Gasteiger partial charge in [-0.05, 0) is 56.2 Å². The van der Waals surface area contributed by atoms with E-state index in [0.29, 0.717) is 24.9 Å². The van der Waals surface area contributed by atoms with Crippen LogP contribution in [-0.4, -0.2) is 59.3 Å². The van der Waals surface area contributed by atoms with Gasteiger partial charge in [-0.3, -0.25) is 19.8 Å². The molecule has 0 saturated carbocycles. The molecule has 210 valence electrons. The normalized spacial score (nSPS) is 12.2. The lowest BCUT2D eigenvalue weighted by atomic mass is 9.97. The maximum atomic E-state index is 12.6. The van der Waals surface area contributed by atoms with E-state index >= 15 is 0 Å². The Morgan fingerprint density at radius 1 is 0.925 bits per heavy atom. The molecule has 3 rings (SSSR count). The smallest absolute Gasteiger partial charge is 0.413 e. The molecule has 3 amide bonds. The van der Waals surface area contributed by atoms with Crippen molar-refractivity contribution in [3.05, 3.63) is 71.8 Å². The summed E-state index contributed by atoms with van der Waals surface area (Å²) in [6.07, 6.45) is 0.502. The van der Waals surface area contributed by atoms with Crippen LogP contribution < -0.4 is 15.5 Å². The van der Waals surface area contributed by atoms with Crippen LogP contribution in [0, 0.1) is 0 Å². The second-order valence-electron chi connectivity index (χ2n) is 9.21. The number of anilines is 2. The van der Waals surface area contributed by atoms with Crippen molar-refractivity contribution in [1.82, 2.24) is 5.32 Å². The van der Waals surface area contributed by atoms with Crippen molar-refractivity contribution >= 4 is 52.0 Å². The number of aromatic carboxylic acids is 1. The minimum atomic E-state index is -1.69. The van der Waals surface area contributed by atoms with Gasteiger partial charge >= 0.3 is 23.9 Å². The molecule has 3 aromatic rings. The van der Waals surface area contributed by atoms with E-state index in [9.17, 15) is 34.2 Å². The van der Waals surface area contributed by atoms with Gasteiger partial charge in [-0.15, -0.1) is 0 Å². The Kier molecular flexibility index (Phi) is 9.80. The summed E-state index contributed by atoms with van der Waals surface area (Å²) in [5.41, 5.74) is 1.40. The molecule has 0 heterocycles. The van der Waals surface area contributed by atoms with Crippen molar-refractivity contribution in [3.8, 4) is 0 Å². The lowest BCUT2D eigenvalue weighted by Gasteiger charge is -2.29. The van der Waals surface area contributed by atoms with Crippen molar-refractivity contribution < 1.29 is 38.9 Å². The molecule has 0 aliphatic heterocycles. The highest BCUT2D eigenvalue weighted by Gasteiger charge is 2.30. The van der Waals surface area contributed by atoms with E-state index < -0.39 is 41.9 Å². The van der Waals surface area contributed by atoms with E-state index in [1.807, 2.05) is 36.4 Å². The first kappa shape index (κ1) is 29.6. The van der Waals surface area contributed by atoms with E-state index in [1.165, 1.54) is 18.2 Å². The summed E-state index contributed by atoms with van der Waals surface area (Å²) in [6.45, 7) is 3.28. The fourth-order valence-electron chi connectivity index (χ4n) is 4.47. The molecule has 0 spiro atoms. The van der Waals surface area contributed by atoms with E-state index in [2.05, 4.69) is 15.4 Å². The molecule has 2 unspecified atom stereocenters. The Labute approximate surface area is 230 Å². The first-order valence-electron chi connectivity index (χ1n) is 12.6. The molecule has 0 aliphatic carbocycles. The number of aryl methyl sites for hydroxylation is 1. The number of hydrogen-bond donors (Lipinski definition) is 4. The molecule has 0 aliphatic rings. The zero-order chi connectivity index (χ0) is 29.4. The van der Waals surface area contributed by atoms with Crippen LogP contribution in [0.3, 0.4) is 0 Å². The van der Waals surface area contributed by atoms with Crippen LogP contribution in [0.5, 0.6) is 0 Å². The summed E-state index contributed by atoms with van der Waals surface area (Å²) in [5.74, 6) is -4.76. The van der Waals surface area contributed by atoms with Crippen LogP contribution in [0.25, 0.3) is 10.8 Å². The minimum absolute atomic E-state index is 0.00778. The number of alkyl carbamates (subject to hydrolysis) is 1. The van der Waals surface area contributed by atoms with Gasteiger partial charge in [-0.25, -0.2) is 14.4 Å². The fraction of sp³-hybridized carbons (Fsp3) is 0.276. The Hall–Kier alpha value is -4.93. The third kappa shape index (κ3) is 6.93. The highest BCUT2D eigenvalue weighted by Crippen LogP contribution is 2.30. The molecule has 2 atom stereocenters. The number of fused-ring (bicyclic) bond motifs is 1. The maximum Gasteiger partial charge on any atom is 0.413 e. The highest BCUT2D eigenvalue weighted by molar-refractivity contribution is 6.37. The number of imide groups is 1. The van der Waals surface area contributed by atoms with Crippen LogP contribution >= 0.6 is 0 Å². The summed E-state index contributed by atoms with van der Waals surface area (Å²) >= 11 is 0. The molecule has 0 bridgehead atoms. The number of carboxylic acids is 2. The van der Waals surface area contributed by atoms with Crippen molar-refractivity contribution in [2.24, 2.45) is 0 Å². The highest BCUT2D eigenvalue weighted by atomic mass is 16.5. The molecule has 11 nitrogen and oxygen atoms in total. The largest absolute Gasteiger partial charge is 0.478 e. The Morgan fingerprint density at radius 2 is 1.60 bits per heavy atom. The number of benzene rings is 3. The molecule has 40 heavy (non-hydrogen) atoms. The van der Waals surface area contributed by atoms with Gasteiger partial charge in [-0.2, -0.15) is 0 Å².